The number of aromatic nitrogens is 2. The first kappa shape index (κ1) is 14.7. The zero-order valence-electron chi connectivity index (χ0n) is 10.9. The minimum atomic E-state index is -0.626. The second-order valence-corrected chi connectivity index (χ2v) is 3.28. The first-order valence-electron chi connectivity index (χ1n) is 5.75. The predicted octanol–water partition coefficient (Wildman–Crippen LogP) is 2.32. The zero-order chi connectivity index (χ0) is 14.4. The van der Waals surface area contributed by atoms with E-state index < -0.39 is 17.3 Å². The summed E-state index contributed by atoms with van der Waals surface area (Å²) in [6.45, 7) is 4.00. The van der Waals surface area contributed by atoms with Crippen molar-refractivity contribution in [2.24, 2.45) is 0 Å². The minimum absolute atomic E-state index is 0.0767. The molecule has 0 aliphatic heterocycles. The molecule has 0 spiro atoms. The van der Waals surface area contributed by atoms with Crippen molar-refractivity contribution in [1.82, 2.24) is 9.97 Å². The van der Waals surface area contributed by atoms with Crippen LogP contribution >= 0.6 is 0 Å². The SMILES string of the molecule is CC.COc1c(O)nc(-c2cccc(F)c2)[nH]c1=O. The van der Waals surface area contributed by atoms with Crippen LogP contribution in [0.25, 0.3) is 11.4 Å². The molecule has 0 saturated carbocycles. The second-order valence-electron chi connectivity index (χ2n) is 3.28. The number of nitrogens with one attached hydrogen (secondary N) is 1. The van der Waals surface area contributed by atoms with Crippen LogP contribution in [0.2, 0.25) is 0 Å². The smallest absolute Gasteiger partial charge is 0.297 e. The van der Waals surface area contributed by atoms with Crippen molar-refractivity contribution in [2.75, 3.05) is 7.11 Å². The molecule has 0 saturated heterocycles. The van der Waals surface area contributed by atoms with E-state index in [-0.39, 0.29) is 11.6 Å². The summed E-state index contributed by atoms with van der Waals surface area (Å²) in [5, 5.41) is 9.45. The molecule has 0 amide bonds. The molecule has 5 nitrogen and oxygen atoms in total. The van der Waals surface area contributed by atoms with Gasteiger partial charge in [0, 0.05) is 5.56 Å². The third-order valence-electron chi connectivity index (χ3n) is 2.16. The van der Waals surface area contributed by atoms with Gasteiger partial charge in [-0.1, -0.05) is 26.0 Å². The van der Waals surface area contributed by atoms with Crippen LogP contribution in [0.15, 0.2) is 29.1 Å². The molecule has 0 bridgehead atoms. The van der Waals surface area contributed by atoms with E-state index in [1.165, 1.54) is 25.3 Å². The van der Waals surface area contributed by atoms with E-state index in [0.717, 1.165) is 0 Å². The molecule has 1 aromatic carbocycles. The molecule has 2 aromatic rings. The van der Waals surface area contributed by atoms with E-state index in [0.29, 0.717) is 5.56 Å². The van der Waals surface area contributed by atoms with Gasteiger partial charge in [-0.15, -0.1) is 0 Å². The van der Waals surface area contributed by atoms with Crippen molar-refractivity contribution in [3.63, 3.8) is 0 Å². The lowest BCUT2D eigenvalue weighted by molar-refractivity contribution is 0.357. The minimum Gasteiger partial charge on any atom is -0.490 e. The first-order valence-corrected chi connectivity index (χ1v) is 5.75. The van der Waals surface area contributed by atoms with Crippen LogP contribution in [0, 0.1) is 5.82 Å². The van der Waals surface area contributed by atoms with Gasteiger partial charge in [-0.25, -0.2) is 4.39 Å². The van der Waals surface area contributed by atoms with Crippen LogP contribution in [0.1, 0.15) is 13.8 Å². The van der Waals surface area contributed by atoms with Gasteiger partial charge in [0.25, 0.3) is 11.4 Å². The Kier molecular flexibility index (Phi) is 5.05. The highest BCUT2D eigenvalue weighted by molar-refractivity contribution is 5.56. The Labute approximate surface area is 109 Å². The topological polar surface area (TPSA) is 75.2 Å². The molecule has 102 valence electrons. The summed E-state index contributed by atoms with van der Waals surface area (Å²) >= 11 is 0. The molecule has 2 N–H and O–H groups in total. The number of aromatic hydroxyl groups is 1. The highest BCUT2D eigenvalue weighted by atomic mass is 19.1. The van der Waals surface area contributed by atoms with Crippen LogP contribution in [-0.4, -0.2) is 22.2 Å². The third-order valence-corrected chi connectivity index (χ3v) is 2.16. The average molecular weight is 266 g/mol. The standard InChI is InChI=1S/C11H9FN2O3.C2H6/c1-17-8-10(15)13-9(14-11(8)16)6-3-2-4-7(12)5-6;1-2/h2-5H,1H3,(H2,13,14,15,16);1-2H3. The molecule has 0 fully saturated rings. The Morgan fingerprint density at radius 2 is 2.05 bits per heavy atom. The van der Waals surface area contributed by atoms with Gasteiger partial charge in [-0.3, -0.25) is 4.79 Å². The summed E-state index contributed by atoms with van der Waals surface area (Å²) in [5.41, 5.74) is -0.265. The second kappa shape index (κ2) is 6.53. The lowest BCUT2D eigenvalue weighted by Crippen LogP contribution is -2.11. The molecule has 6 heteroatoms. The normalized spacial score (nSPS) is 9.47. The van der Waals surface area contributed by atoms with Gasteiger partial charge in [0.1, 0.15) is 11.6 Å². The average Bonchev–Trinajstić information content (AvgIpc) is 2.40. The zero-order valence-corrected chi connectivity index (χ0v) is 10.9. The molecule has 0 aliphatic carbocycles. The van der Waals surface area contributed by atoms with E-state index >= 15 is 0 Å². The number of halogens is 1. The van der Waals surface area contributed by atoms with E-state index in [4.69, 9.17) is 0 Å². The lowest BCUT2D eigenvalue weighted by Gasteiger charge is -2.04. The molecule has 19 heavy (non-hydrogen) atoms. The van der Waals surface area contributed by atoms with E-state index in [1.54, 1.807) is 6.07 Å². The Bertz CT molecular complexity index is 611. The molecular formula is C13H15FN2O3. The fourth-order valence-corrected chi connectivity index (χ4v) is 1.41. The monoisotopic (exact) mass is 266 g/mol. The van der Waals surface area contributed by atoms with Crippen molar-refractivity contribution >= 4 is 0 Å². The maximum atomic E-state index is 13.0. The highest BCUT2D eigenvalue weighted by Crippen LogP contribution is 2.21. The molecule has 2 rings (SSSR count). The number of hydrogen-bond acceptors (Lipinski definition) is 4. The van der Waals surface area contributed by atoms with Crippen molar-refractivity contribution in [3.05, 3.63) is 40.4 Å². The maximum Gasteiger partial charge on any atom is 0.297 e. The van der Waals surface area contributed by atoms with Gasteiger partial charge in [-0.2, -0.15) is 4.98 Å². The van der Waals surface area contributed by atoms with Crippen LogP contribution in [-0.2, 0) is 0 Å². The summed E-state index contributed by atoms with van der Waals surface area (Å²) in [6, 6.07) is 5.51. The van der Waals surface area contributed by atoms with Gasteiger partial charge in [0.05, 0.1) is 7.11 Å². The lowest BCUT2D eigenvalue weighted by atomic mass is 10.2. The van der Waals surface area contributed by atoms with Crippen LogP contribution in [0.3, 0.4) is 0 Å². The Balaban J connectivity index is 0.000000861. The van der Waals surface area contributed by atoms with E-state index in [9.17, 15) is 14.3 Å². The van der Waals surface area contributed by atoms with Crippen LogP contribution < -0.4 is 10.3 Å². The van der Waals surface area contributed by atoms with Crippen molar-refractivity contribution < 1.29 is 14.2 Å². The Morgan fingerprint density at radius 3 is 2.58 bits per heavy atom. The Hall–Kier alpha value is -2.37. The fourth-order valence-electron chi connectivity index (χ4n) is 1.41. The van der Waals surface area contributed by atoms with E-state index in [1.807, 2.05) is 13.8 Å². The molecule has 1 heterocycles. The number of hydrogen-bond donors (Lipinski definition) is 2. The third kappa shape index (κ3) is 3.31. The fraction of sp³-hybridized carbons (Fsp3) is 0.231. The van der Waals surface area contributed by atoms with Crippen molar-refractivity contribution in [1.29, 1.82) is 0 Å². The van der Waals surface area contributed by atoms with Crippen molar-refractivity contribution in [3.8, 4) is 23.0 Å². The Morgan fingerprint density at radius 1 is 1.37 bits per heavy atom. The summed E-state index contributed by atoms with van der Waals surface area (Å²) in [7, 11) is 1.24. The number of benzene rings is 1. The number of ether oxygens (including phenoxy) is 1. The number of rotatable bonds is 2. The number of methoxy groups -OCH3 is 1. The highest BCUT2D eigenvalue weighted by Gasteiger charge is 2.12. The summed E-state index contributed by atoms with van der Waals surface area (Å²) in [6.07, 6.45) is 0. The predicted molar refractivity (Wildman–Crippen MR) is 69.8 cm³/mol. The molecule has 0 atom stereocenters. The largest absolute Gasteiger partial charge is 0.490 e. The number of nitrogens with zero attached hydrogens (tertiary/aromatic N) is 1. The van der Waals surface area contributed by atoms with Gasteiger partial charge >= 0.3 is 0 Å². The number of aromatic amines is 1. The van der Waals surface area contributed by atoms with Gasteiger partial charge in [0.15, 0.2) is 0 Å². The summed E-state index contributed by atoms with van der Waals surface area (Å²) in [5.74, 6) is -1.19. The summed E-state index contributed by atoms with van der Waals surface area (Å²) < 4.78 is 17.7. The van der Waals surface area contributed by atoms with E-state index in [2.05, 4.69) is 14.7 Å². The quantitative estimate of drug-likeness (QED) is 0.874. The molecule has 0 radical (unpaired) electrons. The van der Waals surface area contributed by atoms with Gasteiger partial charge < -0.3 is 14.8 Å². The molecule has 0 unspecified atom stereocenters. The van der Waals surface area contributed by atoms with Gasteiger partial charge in [0.2, 0.25) is 5.75 Å². The summed E-state index contributed by atoms with van der Waals surface area (Å²) in [4.78, 5) is 17.6. The maximum absolute atomic E-state index is 13.0. The van der Waals surface area contributed by atoms with Gasteiger partial charge in [-0.05, 0) is 12.1 Å². The van der Waals surface area contributed by atoms with Crippen LogP contribution in [0.4, 0.5) is 4.39 Å². The molecule has 0 aliphatic rings. The first-order chi connectivity index (χ1) is 9.11. The number of H-pyrrole nitrogens is 1. The van der Waals surface area contributed by atoms with Crippen LogP contribution in [0.5, 0.6) is 11.6 Å². The molecule has 1 aromatic heterocycles. The molecular weight excluding hydrogens is 251 g/mol. The van der Waals surface area contributed by atoms with Crippen molar-refractivity contribution in [2.45, 2.75) is 13.8 Å².